The fourth-order valence-corrected chi connectivity index (χ4v) is 1.71. The lowest BCUT2D eigenvalue weighted by molar-refractivity contribution is -0.127. The van der Waals surface area contributed by atoms with Crippen LogP contribution < -0.4 is 5.32 Å². The molecule has 0 bridgehead atoms. The molecule has 2 rings (SSSR count). The highest BCUT2D eigenvalue weighted by Gasteiger charge is 2.45. The van der Waals surface area contributed by atoms with Gasteiger partial charge in [-0.25, -0.2) is 4.79 Å². The predicted molar refractivity (Wildman–Crippen MR) is 47.1 cm³/mol. The molecule has 1 unspecified atom stereocenters. The van der Waals surface area contributed by atoms with Crippen molar-refractivity contribution in [3.63, 3.8) is 0 Å². The first-order valence-electron chi connectivity index (χ1n) is 4.87. The zero-order valence-electron chi connectivity index (χ0n) is 7.75. The van der Waals surface area contributed by atoms with Gasteiger partial charge in [-0.2, -0.15) is 0 Å². The van der Waals surface area contributed by atoms with Crippen molar-refractivity contribution in [3.8, 4) is 0 Å². The Kier molecular flexibility index (Phi) is 1.98. The molecule has 13 heavy (non-hydrogen) atoms. The molecule has 2 aliphatic rings. The lowest BCUT2D eigenvalue weighted by Gasteiger charge is -2.10. The van der Waals surface area contributed by atoms with Crippen LogP contribution in [-0.4, -0.2) is 28.9 Å². The van der Waals surface area contributed by atoms with Gasteiger partial charge in [0, 0.05) is 6.04 Å². The summed E-state index contributed by atoms with van der Waals surface area (Å²) in [5, 5.41) is 2.71. The molecule has 0 spiro atoms. The Morgan fingerprint density at radius 1 is 1.46 bits per heavy atom. The molecule has 3 amide bonds. The van der Waals surface area contributed by atoms with Gasteiger partial charge in [0.1, 0.15) is 6.04 Å². The molecule has 72 valence electrons. The Hall–Kier alpha value is -1.06. The second-order valence-corrected chi connectivity index (χ2v) is 3.73. The largest absolute Gasteiger partial charge is 0.326 e. The van der Waals surface area contributed by atoms with Crippen molar-refractivity contribution in [1.29, 1.82) is 0 Å². The first-order chi connectivity index (χ1) is 6.24. The number of imide groups is 1. The molecule has 0 aromatic heterocycles. The summed E-state index contributed by atoms with van der Waals surface area (Å²) in [6, 6.07) is -0.238. The van der Waals surface area contributed by atoms with Gasteiger partial charge in [-0.05, 0) is 19.3 Å². The Morgan fingerprint density at radius 3 is 2.69 bits per heavy atom. The maximum atomic E-state index is 11.6. The number of nitrogens with one attached hydrogen (secondary N) is 1. The highest BCUT2D eigenvalue weighted by Crippen LogP contribution is 2.30. The first-order valence-corrected chi connectivity index (χ1v) is 4.87. The first kappa shape index (κ1) is 8.53. The quantitative estimate of drug-likeness (QED) is 0.658. The van der Waals surface area contributed by atoms with E-state index in [-0.39, 0.29) is 24.0 Å². The van der Waals surface area contributed by atoms with Crippen LogP contribution in [0.2, 0.25) is 0 Å². The predicted octanol–water partition coefficient (Wildman–Crippen LogP) is 0.869. The van der Waals surface area contributed by atoms with Gasteiger partial charge in [0.15, 0.2) is 0 Å². The SMILES string of the molecule is CCCC1NC(=O)N(C2CC2)C1=O. The van der Waals surface area contributed by atoms with Gasteiger partial charge in [-0.3, -0.25) is 9.69 Å². The van der Waals surface area contributed by atoms with Crippen LogP contribution in [0, 0.1) is 0 Å². The van der Waals surface area contributed by atoms with Crippen LogP contribution in [0.3, 0.4) is 0 Å². The summed E-state index contributed by atoms with van der Waals surface area (Å²) in [4.78, 5) is 24.4. The van der Waals surface area contributed by atoms with Crippen LogP contribution in [0.1, 0.15) is 32.6 Å². The highest BCUT2D eigenvalue weighted by atomic mass is 16.2. The highest BCUT2D eigenvalue weighted by molar-refractivity contribution is 6.04. The summed E-state index contributed by atoms with van der Waals surface area (Å²) in [6.07, 6.45) is 3.65. The Balaban J connectivity index is 2.05. The normalized spacial score (nSPS) is 28.1. The summed E-state index contributed by atoms with van der Waals surface area (Å²) < 4.78 is 0. The number of amides is 3. The fraction of sp³-hybridized carbons (Fsp3) is 0.778. The lowest BCUT2D eigenvalue weighted by atomic mass is 10.2. The summed E-state index contributed by atoms with van der Waals surface area (Å²) in [6.45, 7) is 2.01. The van der Waals surface area contributed by atoms with Gasteiger partial charge in [0.2, 0.25) is 0 Å². The monoisotopic (exact) mass is 182 g/mol. The van der Waals surface area contributed by atoms with Crippen LogP contribution in [0.4, 0.5) is 4.79 Å². The van der Waals surface area contributed by atoms with Crippen LogP contribution in [0.5, 0.6) is 0 Å². The van der Waals surface area contributed by atoms with E-state index >= 15 is 0 Å². The van der Waals surface area contributed by atoms with Crippen molar-refractivity contribution in [2.24, 2.45) is 0 Å². The van der Waals surface area contributed by atoms with Gasteiger partial charge in [0.25, 0.3) is 5.91 Å². The molecular weight excluding hydrogens is 168 g/mol. The average Bonchev–Trinajstić information content (AvgIpc) is 2.84. The Bertz CT molecular complexity index is 248. The van der Waals surface area contributed by atoms with Crippen LogP contribution >= 0.6 is 0 Å². The van der Waals surface area contributed by atoms with E-state index in [1.54, 1.807) is 0 Å². The van der Waals surface area contributed by atoms with Crippen molar-refractivity contribution < 1.29 is 9.59 Å². The average molecular weight is 182 g/mol. The van der Waals surface area contributed by atoms with E-state index in [2.05, 4.69) is 5.32 Å². The minimum atomic E-state index is -0.252. The summed E-state index contributed by atoms with van der Waals surface area (Å²) >= 11 is 0. The number of rotatable bonds is 3. The van der Waals surface area contributed by atoms with Gasteiger partial charge in [0.05, 0.1) is 0 Å². The van der Waals surface area contributed by atoms with Gasteiger partial charge in [-0.1, -0.05) is 13.3 Å². The van der Waals surface area contributed by atoms with E-state index in [4.69, 9.17) is 0 Å². The summed E-state index contributed by atoms with van der Waals surface area (Å²) in [7, 11) is 0. The Morgan fingerprint density at radius 2 is 2.15 bits per heavy atom. The maximum absolute atomic E-state index is 11.6. The van der Waals surface area contributed by atoms with Crippen LogP contribution in [0.15, 0.2) is 0 Å². The van der Waals surface area contributed by atoms with Gasteiger partial charge < -0.3 is 5.32 Å². The molecule has 4 nitrogen and oxygen atoms in total. The molecule has 1 N–H and O–H groups in total. The van der Waals surface area contributed by atoms with Crippen molar-refractivity contribution in [3.05, 3.63) is 0 Å². The van der Waals surface area contributed by atoms with Crippen molar-refractivity contribution in [2.75, 3.05) is 0 Å². The van der Waals surface area contributed by atoms with Crippen molar-refractivity contribution in [1.82, 2.24) is 10.2 Å². The number of hydrogen-bond acceptors (Lipinski definition) is 2. The molecule has 4 heteroatoms. The molecule has 0 radical (unpaired) electrons. The molecule has 2 fully saturated rings. The maximum Gasteiger partial charge on any atom is 0.325 e. The standard InChI is InChI=1S/C9H14N2O2/c1-2-3-7-8(12)11(6-4-5-6)9(13)10-7/h6-7H,2-5H2,1H3,(H,10,13). The number of urea groups is 1. The molecule has 1 aliphatic heterocycles. The van der Waals surface area contributed by atoms with E-state index in [1.165, 1.54) is 4.90 Å². The van der Waals surface area contributed by atoms with E-state index < -0.39 is 0 Å². The van der Waals surface area contributed by atoms with Crippen molar-refractivity contribution >= 4 is 11.9 Å². The number of carbonyl (C=O) groups is 2. The lowest BCUT2D eigenvalue weighted by Crippen LogP contribution is -2.33. The van der Waals surface area contributed by atoms with Gasteiger partial charge >= 0.3 is 6.03 Å². The van der Waals surface area contributed by atoms with Crippen molar-refractivity contribution in [2.45, 2.75) is 44.7 Å². The van der Waals surface area contributed by atoms with E-state index in [0.29, 0.717) is 0 Å². The smallest absolute Gasteiger partial charge is 0.325 e. The Labute approximate surface area is 77.3 Å². The molecule has 1 saturated heterocycles. The number of nitrogens with zero attached hydrogens (tertiary/aromatic N) is 1. The van der Waals surface area contributed by atoms with E-state index in [1.807, 2.05) is 6.92 Å². The summed E-state index contributed by atoms with van der Waals surface area (Å²) in [5.41, 5.74) is 0. The fourth-order valence-electron chi connectivity index (χ4n) is 1.71. The third kappa shape index (κ3) is 1.41. The molecule has 1 aliphatic carbocycles. The molecule has 0 aromatic carbocycles. The third-order valence-corrected chi connectivity index (χ3v) is 2.54. The molecule has 0 aromatic rings. The molecule has 1 heterocycles. The minimum absolute atomic E-state index is 0.0191. The van der Waals surface area contributed by atoms with E-state index in [9.17, 15) is 9.59 Å². The third-order valence-electron chi connectivity index (χ3n) is 2.54. The topological polar surface area (TPSA) is 49.4 Å². The molecular formula is C9H14N2O2. The second-order valence-electron chi connectivity index (χ2n) is 3.73. The van der Waals surface area contributed by atoms with Crippen LogP contribution in [-0.2, 0) is 4.79 Å². The zero-order chi connectivity index (χ0) is 9.42. The summed E-state index contributed by atoms with van der Waals surface area (Å²) in [5.74, 6) is -0.0191. The number of carbonyl (C=O) groups excluding carboxylic acids is 2. The van der Waals surface area contributed by atoms with Crippen LogP contribution in [0.25, 0.3) is 0 Å². The number of hydrogen-bond donors (Lipinski definition) is 1. The molecule has 1 saturated carbocycles. The second kappa shape index (κ2) is 3.01. The molecule has 1 atom stereocenters. The van der Waals surface area contributed by atoms with Gasteiger partial charge in [-0.15, -0.1) is 0 Å². The minimum Gasteiger partial charge on any atom is -0.326 e. The zero-order valence-corrected chi connectivity index (χ0v) is 7.75. The van der Waals surface area contributed by atoms with E-state index in [0.717, 1.165) is 25.7 Å².